The number of aldehydes is 1. The second-order valence-electron chi connectivity index (χ2n) is 6.69. The highest BCUT2D eigenvalue weighted by atomic mass is 16.2. The molecule has 3 aromatic heterocycles. The molecule has 1 aliphatic heterocycles. The van der Waals surface area contributed by atoms with Gasteiger partial charge in [0.1, 0.15) is 12.2 Å². The van der Waals surface area contributed by atoms with Crippen LogP contribution in [0.4, 0.5) is 11.5 Å². The lowest BCUT2D eigenvalue weighted by Gasteiger charge is -2.22. The summed E-state index contributed by atoms with van der Waals surface area (Å²) in [5.41, 5.74) is 2.79. The van der Waals surface area contributed by atoms with Crippen molar-refractivity contribution in [2.45, 2.75) is 13.1 Å². The molecule has 0 aromatic carbocycles. The molecule has 0 radical (unpaired) electrons. The van der Waals surface area contributed by atoms with Gasteiger partial charge in [0.2, 0.25) is 5.91 Å². The fraction of sp³-hybridized carbons (Fsp3) is 0.211. The van der Waals surface area contributed by atoms with Gasteiger partial charge in [-0.05, 0) is 17.7 Å². The zero-order chi connectivity index (χ0) is 19.8. The lowest BCUT2D eigenvalue weighted by molar-refractivity contribution is -0.132. The van der Waals surface area contributed by atoms with Gasteiger partial charge in [-0.15, -0.1) is 0 Å². The fourth-order valence-corrected chi connectivity index (χ4v) is 3.21. The highest BCUT2D eigenvalue weighted by Crippen LogP contribution is 2.25. The molecule has 0 fully saturated rings. The summed E-state index contributed by atoms with van der Waals surface area (Å²) < 4.78 is 3.08. The number of anilines is 2. The number of carbonyl (C=O) groups is 2. The quantitative estimate of drug-likeness (QED) is 0.684. The Kier molecular flexibility index (Phi) is 4.26. The Morgan fingerprint density at radius 3 is 2.79 bits per heavy atom. The Morgan fingerprint density at radius 1 is 1.18 bits per heavy atom. The second-order valence-corrected chi connectivity index (χ2v) is 6.69. The third-order valence-corrected chi connectivity index (χ3v) is 4.71. The predicted octanol–water partition coefficient (Wildman–Crippen LogP) is 1.17. The molecule has 0 atom stereocenters. The number of hydrogen-bond acceptors (Lipinski definition) is 6. The monoisotopic (exact) mass is 378 g/mol. The van der Waals surface area contributed by atoms with Gasteiger partial charge in [-0.2, -0.15) is 5.10 Å². The van der Waals surface area contributed by atoms with Crippen molar-refractivity contribution < 1.29 is 9.59 Å². The van der Waals surface area contributed by atoms with Gasteiger partial charge in [0.25, 0.3) is 5.56 Å². The molecule has 1 N–H and O–H groups in total. The normalized spacial score (nSPS) is 13.4. The van der Waals surface area contributed by atoms with Crippen LogP contribution in [0.15, 0.2) is 41.6 Å². The van der Waals surface area contributed by atoms with Crippen LogP contribution in [-0.2, 0) is 24.9 Å². The third kappa shape index (κ3) is 3.07. The minimum absolute atomic E-state index is 0.0147. The van der Waals surface area contributed by atoms with Crippen LogP contribution in [-0.4, -0.2) is 43.5 Å². The second kappa shape index (κ2) is 6.76. The first-order valence-electron chi connectivity index (χ1n) is 8.64. The van der Waals surface area contributed by atoms with Crippen molar-refractivity contribution in [3.05, 3.63) is 58.4 Å². The number of hydrogen-bond donors (Lipinski definition) is 1. The summed E-state index contributed by atoms with van der Waals surface area (Å²) in [4.78, 5) is 41.3. The minimum atomic E-state index is -0.232. The number of likely N-dealkylation sites (N-methyl/N-ethyl adjacent to an activating group) is 1. The molecule has 28 heavy (non-hydrogen) atoms. The van der Waals surface area contributed by atoms with E-state index in [0.29, 0.717) is 34.7 Å². The number of carbonyl (C=O) groups excluding carboxylic acids is 2. The molecule has 9 nitrogen and oxygen atoms in total. The maximum absolute atomic E-state index is 12.6. The van der Waals surface area contributed by atoms with Crippen LogP contribution in [0.5, 0.6) is 0 Å². The molecule has 0 spiro atoms. The standard InChI is InChI=1S/C19H18N6O3/c1-23-9-14-6-17(22-25(14)10-18(23)27)21-16-5-12(8-24(2)19(16)28)15-3-4-20-7-13(15)11-26/h3-8,11H,9-10H2,1-2H3,(H,21,22). The van der Waals surface area contributed by atoms with Crippen LogP contribution < -0.4 is 10.9 Å². The van der Waals surface area contributed by atoms with Gasteiger partial charge in [-0.3, -0.25) is 24.0 Å². The number of fused-ring (bicyclic) bond motifs is 1. The molecule has 1 amide bonds. The Bertz CT molecular complexity index is 1150. The van der Waals surface area contributed by atoms with E-state index in [0.717, 1.165) is 12.0 Å². The van der Waals surface area contributed by atoms with Crippen molar-refractivity contribution in [3.8, 4) is 11.1 Å². The number of aromatic nitrogens is 4. The van der Waals surface area contributed by atoms with Crippen LogP contribution >= 0.6 is 0 Å². The molecule has 4 rings (SSSR count). The van der Waals surface area contributed by atoms with E-state index in [-0.39, 0.29) is 18.0 Å². The zero-order valence-electron chi connectivity index (χ0n) is 15.4. The smallest absolute Gasteiger partial charge is 0.274 e. The van der Waals surface area contributed by atoms with E-state index in [1.807, 2.05) is 6.07 Å². The molecule has 0 bridgehead atoms. The average molecular weight is 378 g/mol. The van der Waals surface area contributed by atoms with Crippen LogP contribution in [0, 0.1) is 0 Å². The van der Waals surface area contributed by atoms with Gasteiger partial charge in [0.05, 0.1) is 12.2 Å². The molecule has 9 heteroatoms. The molecule has 1 aliphatic rings. The van der Waals surface area contributed by atoms with Gasteiger partial charge >= 0.3 is 0 Å². The predicted molar refractivity (Wildman–Crippen MR) is 102 cm³/mol. The van der Waals surface area contributed by atoms with Crippen LogP contribution in [0.2, 0.25) is 0 Å². The summed E-state index contributed by atoms with van der Waals surface area (Å²) in [5, 5.41) is 7.43. The zero-order valence-corrected chi connectivity index (χ0v) is 15.4. The first-order valence-corrected chi connectivity index (χ1v) is 8.64. The summed E-state index contributed by atoms with van der Waals surface area (Å²) in [6.45, 7) is 0.635. The first-order chi connectivity index (χ1) is 13.5. The molecule has 0 saturated heterocycles. The Morgan fingerprint density at radius 2 is 2.00 bits per heavy atom. The maximum Gasteiger partial charge on any atom is 0.274 e. The molecule has 0 saturated carbocycles. The van der Waals surface area contributed by atoms with Crippen molar-refractivity contribution in [2.75, 3.05) is 12.4 Å². The number of nitrogens with one attached hydrogen (secondary N) is 1. The van der Waals surface area contributed by atoms with E-state index in [9.17, 15) is 14.4 Å². The van der Waals surface area contributed by atoms with Gasteiger partial charge in [0.15, 0.2) is 12.1 Å². The highest BCUT2D eigenvalue weighted by molar-refractivity contribution is 5.87. The van der Waals surface area contributed by atoms with Crippen molar-refractivity contribution in [2.24, 2.45) is 7.05 Å². The molecule has 4 heterocycles. The third-order valence-electron chi connectivity index (χ3n) is 4.71. The number of aryl methyl sites for hydroxylation is 1. The Labute approximate surface area is 160 Å². The minimum Gasteiger partial charge on any atom is -0.338 e. The first kappa shape index (κ1) is 17.7. The summed E-state index contributed by atoms with van der Waals surface area (Å²) in [6, 6.07) is 5.22. The van der Waals surface area contributed by atoms with E-state index in [4.69, 9.17) is 0 Å². The summed E-state index contributed by atoms with van der Waals surface area (Å²) in [5.74, 6) is 0.469. The molecular formula is C19H18N6O3. The van der Waals surface area contributed by atoms with Gasteiger partial charge in [-0.1, -0.05) is 0 Å². The Hall–Kier alpha value is -3.75. The van der Waals surface area contributed by atoms with Gasteiger partial charge < -0.3 is 14.8 Å². The molecule has 0 unspecified atom stereocenters. The molecular weight excluding hydrogens is 360 g/mol. The van der Waals surface area contributed by atoms with Gasteiger partial charge in [-0.25, -0.2) is 0 Å². The van der Waals surface area contributed by atoms with E-state index in [1.54, 1.807) is 48.2 Å². The number of pyridine rings is 2. The topological polar surface area (TPSA) is 102 Å². The number of amides is 1. The average Bonchev–Trinajstić information content (AvgIpc) is 3.06. The number of nitrogens with zero attached hydrogens (tertiary/aromatic N) is 5. The molecule has 3 aromatic rings. The van der Waals surface area contributed by atoms with E-state index in [2.05, 4.69) is 15.4 Å². The lowest BCUT2D eigenvalue weighted by Crippen LogP contribution is -2.36. The van der Waals surface area contributed by atoms with Crippen molar-refractivity contribution in [1.29, 1.82) is 0 Å². The largest absolute Gasteiger partial charge is 0.338 e. The maximum atomic E-state index is 12.6. The molecule has 142 valence electrons. The van der Waals surface area contributed by atoms with Crippen LogP contribution in [0.1, 0.15) is 16.1 Å². The van der Waals surface area contributed by atoms with E-state index in [1.165, 1.54) is 10.8 Å². The lowest BCUT2D eigenvalue weighted by atomic mass is 10.0. The van der Waals surface area contributed by atoms with Crippen molar-refractivity contribution in [1.82, 2.24) is 24.2 Å². The van der Waals surface area contributed by atoms with Crippen molar-refractivity contribution in [3.63, 3.8) is 0 Å². The van der Waals surface area contributed by atoms with E-state index >= 15 is 0 Å². The summed E-state index contributed by atoms with van der Waals surface area (Å²) in [7, 11) is 3.38. The summed E-state index contributed by atoms with van der Waals surface area (Å²) >= 11 is 0. The van der Waals surface area contributed by atoms with Gasteiger partial charge in [0, 0.05) is 49.9 Å². The van der Waals surface area contributed by atoms with Crippen molar-refractivity contribution >= 4 is 23.7 Å². The fourth-order valence-electron chi connectivity index (χ4n) is 3.21. The Balaban J connectivity index is 1.72. The summed E-state index contributed by atoms with van der Waals surface area (Å²) in [6.07, 6.45) is 5.48. The van der Waals surface area contributed by atoms with Crippen LogP contribution in [0.25, 0.3) is 11.1 Å². The van der Waals surface area contributed by atoms with E-state index < -0.39 is 0 Å². The molecule has 0 aliphatic carbocycles. The van der Waals surface area contributed by atoms with Crippen LogP contribution in [0.3, 0.4) is 0 Å². The SMILES string of the molecule is CN1Cc2cc(Nc3cc(-c4ccncc4C=O)cn(C)c3=O)nn2CC1=O. The number of rotatable bonds is 4. The highest BCUT2D eigenvalue weighted by Gasteiger charge is 2.22.